The summed E-state index contributed by atoms with van der Waals surface area (Å²) < 4.78 is 2.53. The van der Waals surface area contributed by atoms with Gasteiger partial charge in [0.1, 0.15) is 8.07 Å². The molecule has 0 amide bonds. The maximum atomic E-state index is 2.53. The van der Waals surface area contributed by atoms with Crippen molar-refractivity contribution in [1.82, 2.24) is 4.57 Å². The molecule has 1 unspecified atom stereocenters. The second kappa shape index (κ2) is 13.2. The minimum absolute atomic E-state index is 0.0820. The molecule has 0 spiro atoms. The van der Waals surface area contributed by atoms with E-state index < -0.39 is 8.07 Å². The van der Waals surface area contributed by atoms with E-state index in [1.165, 1.54) is 105 Å². The zero-order valence-electron chi connectivity index (χ0n) is 35.5. The summed E-state index contributed by atoms with van der Waals surface area (Å²) >= 11 is 0. The first-order valence-corrected chi connectivity index (χ1v) is 24.9. The number of para-hydroxylation sites is 2. The maximum Gasteiger partial charge on any atom is 0.113 e. The van der Waals surface area contributed by atoms with Gasteiger partial charge in [-0.3, -0.25) is 0 Å². The van der Waals surface area contributed by atoms with Gasteiger partial charge in [-0.2, -0.15) is 0 Å². The van der Waals surface area contributed by atoms with Crippen LogP contribution in [-0.2, 0) is 11.8 Å². The molecule has 0 bridgehead atoms. The first-order valence-electron chi connectivity index (χ1n) is 21.9. The highest BCUT2D eigenvalue weighted by Crippen LogP contribution is 2.51. The zero-order valence-corrected chi connectivity index (χ0v) is 36.5. The first kappa shape index (κ1) is 36.2. The quantitative estimate of drug-likeness (QED) is 0.157. The zero-order chi connectivity index (χ0) is 41.2. The van der Waals surface area contributed by atoms with E-state index in [-0.39, 0.29) is 5.41 Å². The summed E-state index contributed by atoms with van der Waals surface area (Å²) in [5.74, 6) is 0.397. The van der Waals surface area contributed by atoms with Crippen LogP contribution in [0, 0.1) is 0 Å². The van der Waals surface area contributed by atoms with Crippen LogP contribution in [0.5, 0.6) is 0 Å². The molecular formula is C58H48N2Si. The van der Waals surface area contributed by atoms with E-state index in [1.807, 2.05) is 0 Å². The third-order valence-electron chi connectivity index (χ3n) is 14.4. The Bertz CT molecular complexity index is 3240. The van der Waals surface area contributed by atoms with Gasteiger partial charge in [-0.05, 0) is 139 Å². The summed E-state index contributed by atoms with van der Waals surface area (Å²) in [7, 11) is -1.96. The third kappa shape index (κ3) is 5.26. The molecule has 3 aliphatic rings. The van der Waals surface area contributed by atoms with Crippen molar-refractivity contribution in [1.29, 1.82) is 0 Å². The molecule has 9 aromatic rings. The predicted octanol–water partition coefficient (Wildman–Crippen LogP) is 14.2. The van der Waals surface area contributed by atoms with E-state index in [0.717, 1.165) is 12.1 Å². The fourth-order valence-electron chi connectivity index (χ4n) is 11.4. The van der Waals surface area contributed by atoms with Crippen LogP contribution in [0.4, 0.5) is 17.1 Å². The fourth-order valence-corrected chi connectivity index (χ4v) is 14.4. The second-order valence-electron chi connectivity index (χ2n) is 18.6. The number of nitrogens with zero attached hydrogens (tertiary/aromatic N) is 2. The lowest BCUT2D eigenvalue weighted by molar-refractivity contribution is 0.660. The standard InChI is InChI=1S/C58H48N2Si/c1-37-32-40-16-12-13-21-45(40)56-50-34-38(24-29-53(50)60(57(37)56)42-19-10-7-11-20-42)39-25-30-54-48(33-39)49-35-43(27-31-55(49)61(54,4)5)59(41-17-8-6-9-18-41)44-26-28-47-46-22-14-15-23-51(46)58(2,3)52(47)36-44/h6-31,33-37H,32H2,1-5H3. The summed E-state index contributed by atoms with van der Waals surface area (Å²) in [6.45, 7) is 12.2. The molecule has 2 heterocycles. The van der Waals surface area contributed by atoms with Crippen LogP contribution in [0.1, 0.15) is 49.1 Å². The molecular weight excluding hydrogens is 753 g/mol. The van der Waals surface area contributed by atoms with Gasteiger partial charge in [-0.15, -0.1) is 0 Å². The van der Waals surface area contributed by atoms with Crippen molar-refractivity contribution < 1.29 is 0 Å². The minimum Gasteiger partial charge on any atom is -0.313 e. The Kier molecular flexibility index (Phi) is 7.81. The number of hydrogen-bond acceptors (Lipinski definition) is 1. The first-order chi connectivity index (χ1) is 29.7. The van der Waals surface area contributed by atoms with Gasteiger partial charge in [0.15, 0.2) is 0 Å². The largest absolute Gasteiger partial charge is 0.313 e. The molecule has 0 N–H and O–H groups in total. The Labute approximate surface area is 360 Å². The molecule has 0 saturated heterocycles. The summed E-state index contributed by atoms with van der Waals surface area (Å²) in [4.78, 5) is 2.46. The van der Waals surface area contributed by atoms with Crippen molar-refractivity contribution in [3.05, 3.63) is 204 Å². The fraction of sp³-hybridized carbons (Fsp3) is 0.138. The lowest BCUT2D eigenvalue weighted by Gasteiger charge is -2.29. The van der Waals surface area contributed by atoms with Crippen molar-refractivity contribution in [3.63, 3.8) is 0 Å². The smallest absolute Gasteiger partial charge is 0.113 e. The average molecular weight is 801 g/mol. The molecule has 2 aliphatic carbocycles. The maximum absolute atomic E-state index is 2.53. The summed E-state index contributed by atoms with van der Waals surface area (Å²) in [6.07, 6.45) is 1.05. The predicted molar refractivity (Wildman–Crippen MR) is 261 cm³/mol. The highest BCUT2D eigenvalue weighted by Gasteiger charge is 2.39. The number of rotatable bonds is 5. The van der Waals surface area contributed by atoms with Crippen molar-refractivity contribution in [3.8, 4) is 50.2 Å². The molecule has 2 nitrogen and oxygen atoms in total. The van der Waals surface area contributed by atoms with Gasteiger partial charge in [0.25, 0.3) is 0 Å². The van der Waals surface area contributed by atoms with Gasteiger partial charge >= 0.3 is 0 Å². The molecule has 1 atom stereocenters. The number of aromatic nitrogens is 1. The van der Waals surface area contributed by atoms with E-state index >= 15 is 0 Å². The monoisotopic (exact) mass is 800 g/mol. The Morgan fingerprint density at radius 3 is 1.93 bits per heavy atom. The molecule has 0 radical (unpaired) electrons. The van der Waals surface area contributed by atoms with Crippen molar-refractivity contribution in [2.24, 2.45) is 0 Å². The van der Waals surface area contributed by atoms with Gasteiger partial charge in [0, 0.05) is 50.7 Å². The molecule has 294 valence electrons. The van der Waals surface area contributed by atoms with E-state index in [2.05, 4.69) is 225 Å². The number of benzene rings is 8. The topological polar surface area (TPSA) is 8.17 Å². The SMILES string of the molecule is CC1Cc2ccccc2-c2c1n(-c1ccccc1)c1ccc(-c3ccc4c(c3)-c3cc(N(c5ccccc5)c5ccc6c(c5)C(C)(C)c5ccccc5-6)ccc3[Si]4(C)C)cc21. The van der Waals surface area contributed by atoms with Crippen LogP contribution >= 0.6 is 0 Å². The lowest BCUT2D eigenvalue weighted by atomic mass is 9.82. The number of anilines is 3. The molecule has 1 aromatic heterocycles. The van der Waals surface area contributed by atoms with E-state index in [0.29, 0.717) is 5.92 Å². The van der Waals surface area contributed by atoms with Crippen LogP contribution in [0.2, 0.25) is 13.1 Å². The van der Waals surface area contributed by atoms with Gasteiger partial charge < -0.3 is 9.47 Å². The van der Waals surface area contributed by atoms with Crippen LogP contribution in [0.25, 0.3) is 61.1 Å². The van der Waals surface area contributed by atoms with Gasteiger partial charge in [0.05, 0.1) is 5.52 Å². The highest BCUT2D eigenvalue weighted by molar-refractivity contribution is 7.03. The molecule has 8 aromatic carbocycles. The Balaban J connectivity index is 1.01. The number of hydrogen-bond donors (Lipinski definition) is 0. The lowest BCUT2D eigenvalue weighted by Crippen LogP contribution is -2.49. The molecule has 0 saturated carbocycles. The third-order valence-corrected chi connectivity index (χ3v) is 18.0. The Morgan fingerprint density at radius 2 is 1.13 bits per heavy atom. The molecule has 3 heteroatoms. The van der Waals surface area contributed by atoms with Crippen LogP contribution in [0.15, 0.2) is 182 Å². The van der Waals surface area contributed by atoms with Gasteiger partial charge in [0.2, 0.25) is 0 Å². The van der Waals surface area contributed by atoms with Crippen LogP contribution < -0.4 is 15.3 Å². The van der Waals surface area contributed by atoms with E-state index in [4.69, 9.17) is 0 Å². The molecule has 61 heavy (non-hydrogen) atoms. The normalized spacial score (nSPS) is 16.0. The van der Waals surface area contributed by atoms with Crippen LogP contribution in [-0.4, -0.2) is 12.6 Å². The van der Waals surface area contributed by atoms with Crippen molar-refractivity contribution in [2.45, 2.75) is 51.6 Å². The highest BCUT2D eigenvalue weighted by atomic mass is 28.3. The summed E-state index contributed by atoms with van der Waals surface area (Å²) in [6, 6.07) is 68.8. The van der Waals surface area contributed by atoms with Gasteiger partial charge in [-0.25, -0.2) is 0 Å². The van der Waals surface area contributed by atoms with Crippen molar-refractivity contribution in [2.75, 3.05) is 4.90 Å². The summed E-state index contributed by atoms with van der Waals surface area (Å²) in [5.41, 5.74) is 22.3. The van der Waals surface area contributed by atoms with Gasteiger partial charge in [-0.1, -0.05) is 149 Å². The second-order valence-corrected chi connectivity index (χ2v) is 22.9. The Morgan fingerprint density at radius 1 is 0.525 bits per heavy atom. The van der Waals surface area contributed by atoms with Crippen molar-refractivity contribution >= 4 is 46.4 Å². The molecule has 12 rings (SSSR count). The van der Waals surface area contributed by atoms with E-state index in [1.54, 1.807) is 0 Å². The average Bonchev–Trinajstić information content (AvgIpc) is 3.84. The number of fused-ring (bicyclic) bond motifs is 11. The minimum atomic E-state index is -1.96. The van der Waals surface area contributed by atoms with Crippen LogP contribution in [0.3, 0.4) is 0 Å². The van der Waals surface area contributed by atoms with E-state index in [9.17, 15) is 0 Å². The molecule has 0 fully saturated rings. The Hall–Kier alpha value is -6.68. The summed E-state index contributed by atoms with van der Waals surface area (Å²) in [5, 5.41) is 4.35. The molecule has 1 aliphatic heterocycles.